The van der Waals surface area contributed by atoms with E-state index in [0.717, 1.165) is 30.6 Å². The molecule has 126 valence electrons. The number of carbonyl (C=O) groups is 1. The average molecular weight is 328 g/mol. The van der Waals surface area contributed by atoms with Gasteiger partial charge < -0.3 is 27.2 Å². The number of aryl methyl sites for hydroxylation is 1. The molecule has 8 nitrogen and oxygen atoms in total. The van der Waals surface area contributed by atoms with Gasteiger partial charge in [-0.05, 0) is 30.5 Å². The highest BCUT2D eigenvalue weighted by Gasteiger charge is 2.45. The lowest BCUT2D eigenvalue weighted by atomic mass is 9.87. The second-order valence-electron chi connectivity index (χ2n) is 5.79. The van der Waals surface area contributed by atoms with Gasteiger partial charge in [-0.25, -0.2) is 4.98 Å². The summed E-state index contributed by atoms with van der Waals surface area (Å²) in [5.74, 6) is 0.238. The van der Waals surface area contributed by atoms with E-state index in [1.54, 1.807) is 18.3 Å². The van der Waals surface area contributed by atoms with Crippen LogP contribution in [0.3, 0.4) is 0 Å². The van der Waals surface area contributed by atoms with Crippen LogP contribution in [-0.4, -0.2) is 34.1 Å². The van der Waals surface area contributed by atoms with Crippen LogP contribution in [-0.2, 0) is 16.8 Å². The van der Waals surface area contributed by atoms with E-state index in [0.29, 0.717) is 11.4 Å². The number of hydrogen-bond acceptors (Lipinski definition) is 7. The number of nitrogen functional groups attached to an aromatic ring is 2. The van der Waals surface area contributed by atoms with E-state index in [-0.39, 0.29) is 18.4 Å². The SMILES string of the molecule is Nc1ncc(CCCNc2ccc(C3(O)CNC3=O)cc2)c(N)n1. The molecule has 1 saturated heterocycles. The first-order chi connectivity index (χ1) is 11.5. The zero-order valence-corrected chi connectivity index (χ0v) is 13.1. The Morgan fingerprint density at radius 1 is 1.29 bits per heavy atom. The highest BCUT2D eigenvalue weighted by atomic mass is 16.3. The molecule has 1 aliphatic heterocycles. The molecule has 0 saturated carbocycles. The number of β-amino-alcohol motifs (C(OH)–C–C–N with tert-alkyl or cyclic N) is 1. The molecule has 0 spiro atoms. The molecule has 2 aromatic rings. The van der Waals surface area contributed by atoms with Crippen LogP contribution in [0, 0.1) is 0 Å². The predicted molar refractivity (Wildman–Crippen MR) is 91.0 cm³/mol. The minimum atomic E-state index is -1.38. The Kier molecular flexibility index (Phi) is 4.22. The molecule has 7 N–H and O–H groups in total. The Hall–Kier alpha value is -2.87. The van der Waals surface area contributed by atoms with Crippen LogP contribution in [0.2, 0.25) is 0 Å². The zero-order valence-electron chi connectivity index (χ0n) is 13.1. The predicted octanol–water partition coefficient (Wildman–Crippen LogP) is 0.00310. The van der Waals surface area contributed by atoms with Crippen molar-refractivity contribution in [2.75, 3.05) is 29.9 Å². The number of β-lactam (4-membered cyclic amide) rings is 1. The van der Waals surface area contributed by atoms with Crippen molar-refractivity contribution in [3.05, 3.63) is 41.6 Å². The maximum absolute atomic E-state index is 11.4. The smallest absolute Gasteiger partial charge is 0.258 e. The first-order valence-electron chi connectivity index (χ1n) is 7.71. The van der Waals surface area contributed by atoms with Gasteiger partial charge in [0.2, 0.25) is 5.95 Å². The summed E-state index contributed by atoms with van der Waals surface area (Å²) in [7, 11) is 0. The molecule has 1 aliphatic rings. The van der Waals surface area contributed by atoms with Gasteiger partial charge in [0.15, 0.2) is 5.60 Å². The summed E-state index contributed by atoms with van der Waals surface area (Å²) in [5.41, 5.74) is 12.3. The highest BCUT2D eigenvalue weighted by Crippen LogP contribution is 2.27. The van der Waals surface area contributed by atoms with Gasteiger partial charge in [-0.1, -0.05) is 12.1 Å². The van der Waals surface area contributed by atoms with Crippen molar-refractivity contribution in [2.45, 2.75) is 18.4 Å². The van der Waals surface area contributed by atoms with E-state index < -0.39 is 5.60 Å². The number of nitrogens with two attached hydrogens (primary N) is 2. The lowest BCUT2D eigenvalue weighted by Crippen LogP contribution is -2.62. The number of hydrogen-bond donors (Lipinski definition) is 5. The van der Waals surface area contributed by atoms with Crippen molar-refractivity contribution < 1.29 is 9.90 Å². The minimum Gasteiger partial charge on any atom is -0.385 e. The van der Waals surface area contributed by atoms with E-state index in [1.165, 1.54) is 0 Å². The van der Waals surface area contributed by atoms with Gasteiger partial charge in [-0.3, -0.25) is 4.79 Å². The molecule has 1 unspecified atom stereocenters. The molecule has 1 fully saturated rings. The van der Waals surface area contributed by atoms with Crippen LogP contribution in [0.4, 0.5) is 17.5 Å². The van der Waals surface area contributed by atoms with Crippen LogP contribution in [0.5, 0.6) is 0 Å². The molecular formula is C16H20N6O2. The molecule has 8 heteroatoms. The van der Waals surface area contributed by atoms with Crippen LogP contribution in [0.1, 0.15) is 17.5 Å². The largest absolute Gasteiger partial charge is 0.385 e. The number of rotatable bonds is 6. The van der Waals surface area contributed by atoms with E-state index in [9.17, 15) is 9.90 Å². The molecule has 24 heavy (non-hydrogen) atoms. The maximum atomic E-state index is 11.4. The van der Waals surface area contributed by atoms with Gasteiger partial charge in [-0.15, -0.1) is 0 Å². The molecule has 0 radical (unpaired) electrons. The fraction of sp³-hybridized carbons (Fsp3) is 0.312. The third-order valence-electron chi connectivity index (χ3n) is 4.11. The fourth-order valence-electron chi connectivity index (χ4n) is 2.56. The first-order valence-corrected chi connectivity index (χ1v) is 7.71. The van der Waals surface area contributed by atoms with Crippen molar-refractivity contribution >= 4 is 23.4 Å². The summed E-state index contributed by atoms with van der Waals surface area (Å²) in [5, 5.41) is 16.0. The molecule has 2 heterocycles. The van der Waals surface area contributed by atoms with Crippen LogP contribution >= 0.6 is 0 Å². The van der Waals surface area contributed by atoms with Gasteiger partial charge in [0, 0.05) is 24.0 Å². The Morgan fingerprint density at radius 3 is 2.62 bits per heavy atom. The van der Waals surface area contributed by atoms with Gasteiger partial charge in [0.1, 0.15) is 5.82 Å². The van der Waals surface area contributed by atoms with Crippen LogP contribution < -0.4 is 22.1 Å². The number of aromatic nitrogens is 2. The minimum absolute atomic E-state index is 0.177. The molecule has 1 atom stereocenters. The molecule has 0 aliphatic carbocycles. The van der Waals surface area contributed by atoms with Crippen molar-refractivity contribution in [1.82, 2.24) is 15.3 Å². The first kappa shape index (κ1) is 16.0. The monoisotopic (exact) mass is 328 g/mol. The molecular weight excluding hydrogens is 308 g/mol. The fourth-order valence-corrected chi connectivity index (χ4v) is 2.56. The van der Waals surface area contributed by atoms with E-state index in [2.05, 4.69) is 20.6 Å². The summed E-state index contributed by atoms with van der Waals surface area (Å²) in [6.07, 6.45) is 3.25. The Balaban J connectivity index is 1.49. The topological polar surface area (TPSA) is 139 Å². The zero-order chi connectivity index (χ0) is 17.2. The number of aliphatic hydroxyl groups is 1. The third-order valence-corrected chi connectivity index (χ3v) is 4.11. The van der Waals surface area contributed by atoms with Gasteiger partial charge in [-0.2, -0.15) is 4.98 Å². The average Bonchev–Trinajstić information content (AvgIpc) is 2.58. The van der Waals surface area contributed by atoms with Crippen molar-refractivity contribution in [3.8, 4) is 0 Å². The van der Waals surface area contributed by atoms with Gasteiger partial charge in [0.25, 0.3) is 5.91 Å². The van der Waals surface area contributed by atoms with Crippen LogP contribution in [0.15, 0.2) is 30.5 Å². The quantitative estimate of drug-likeness (QED) is 0.371. The van der Waals surface area contributed by atoms with Crippen LogP contribution in [0.25, 0.3) is 0 Å². The normalized spacial score (nSPS) is 19.5. The van der Waals surface area contributed by atoms with Crippen molar-refractivity contribution in [3.63, 3.8) is 0 Å². The second kappa shape index (κ2) is 6.32. The van der Waals surface area contributed by atoms with E-state index in [4.69, 9.17) is 11.5 Å². The maximum Gasteiger partial charge on any atom is 0.258 e. The summed E-state index contributed by atoms with van der Waals surface area (Å²) < 4.78 is 0. The number of nitrogens with one attached hydrogen (secondary N) is 2. The lowest BCUT2D eigenvalue weighted by Gasteiger charge is -2.36. The van der Waals surface area contributed by atoms with Gasteiger partial charge >= 0.3 is 0 Å². The molecule has 1 amide bonds. The number of benzene rings is 1. The molecule has 0 bridgehead atoms. The van der Waals surface area contributed by atoms with Crippen molar-refractivity contribution in [2.24, 2.45) is 0 Å². The Bertz CT molecular complexity index is 749. The molecule has 1 aromatic carbocycles. The molecule has 3 rings (SSSR count). The summed E-state index contributed by atoms with van der Waals surface area (Å²) in [6, 6.07) is 7.21. The Labute approximate surface area is 139 Å². The van der Waals surface area contributed by atoms with E-state index >= 15 is 0 Å². The standard InChI is InChI=1S/C16H20N6O2/c17-13-10(8-20-15(18)22-13)2-1-7-19-12-5-3-11(4-6-12)16(24)9-21-14(16)23/h3-6,8,19,24H,1-2,7,9H2,(H,21,23)(H4,17,18,20,22). The number of anilines is 3. The second-order valence-corrected chi connectivity index (χ2v) is 5.79. The number of carbonyl (C=O) groups excluding carboxylic acids is 1. The highest BCUT2D eigenvalue weighted by molar-refractivity contribution is 5.92. The molecule has 1 aromatic heterocycles. The Morgan fingerprint density at radius 2 is 2.04 bits per heavy atom. The summed E-state index contributed by atoms with van der Waals surface area (Å²) in [4.78, 5) is 19.3. The van der Waals surface area contributed by atoms with E-state index in [1.807, 2.05) is 12.1 Å². The van der Waals surface area contributed by atoms with Crippen molar-refractivity contribution in [1.29, 1.82) is 0 Å². The lowest BCUT2D eigenvalue weighted by molar-refractivity contribution is -0.153. The summed E-state index contributed by atoms with van der Waals surface area (Å²) in [6.45, 7) is 0.998. The summed E-state index contributed by atoms with van der Waals surface area (Å²) >= 11 is 0. The van der Waals surface area contributed by atoms with Gasteiger partial charge in [0.05, 0.1) is 6.54 Å². The third kappa shape index (κ3) is 3.09. The number of nitrogens with zero attached hydrogens (tertiary/aromatic N) is 2. The number of amides is 1.